The van der Waals surface area contributed by atoms with Crippen LogP contribution in [0.3, 0.4) is 0 Å². The highest BCUT2D eigenvalue weighted by molar-refractivity contribution is 7.98. The van der Waals surface area contributed by atoms with Crippen LogP contribution in [0.2, 0.25) is 5.02 Å². The molecule has 1 unspecified atom stereocenters. The van der Waals surface area contributed by atoms with Crippen LogP contribution in [0, 0.1) is 0 Å². The van der Waals surface area contributed by atoms with Crippen molar-refractivity contribution in [2.24, 2.45) is 0 Å². The molecule has 0 bridgehead atoms. The summed E-state index contributed by atoms with van der Waals surface area (Å²) in [7, 11) is 0. The van der Waals surface area contributed by atoms with Crippen LogP contribution >= 0.6 is 23.4 Å². The molecule has 3 rings (SSSR count). The van der Waals surface area contributed by atoms with Gasteiger partial charge in [0.25, 0.3) is 0 Å². The Balaban J connectivity index is 1.59. The molecule has 4 nitrogen and oxygen atoms in total. The van der Waals surface area contributed by atoms with Crippen LogP contribution in [0.25, 0.3) is 0 Å². The van der Waals surface area contributed by atoms with Crippen LogP contribution in [-0.4, -0.2) is 16.7 Å². The molecule has 1 aliphatic heterocycles. The van der Waals surface area contributed by atoms with E-state index in [1.165, 1.54) is 12.8 Å². The van der Waals surface area contributed by atoms with Gasteiger partial charge < -0.3 is 9.84 Å². The maximum Gasteiger partial charge on any atom is 0.243 e. The number of benzene rings is 1. The van der Waals surface area contributed by atoms with Gasteiger partial charge in [-0.3, -0.25) is 0 Å². The molecule has 0 radical (unpaired) electrons. The normalized spacial score (nSPS) is 19.1. The molecule has 1 aromatic heterocycles. The summed E-state index contributed by atoms with van der Waals surface area (Å²) in [5.41, 5.74) is 0. The van der Waals surface area contributed by atoms with Gasteiger partial charge in [-0.25, -0.2) is 0 Å². The molecule has 1 fully saturated rings. The molecule has 0 saturated carbocycles. The van der Waals surface area contributed by atoms with E-state index in [1.54, 1.807) is 11.8 Å². The number of piperidine rings is 1. The molecule has 6 heteroatoms. The lowest BCUT2D eigenvalue weighted by atomic mass is 10.1. The second kappa shape index (κ2) is 6.61. The minimum atomic E-state index is 0.223. The molecule has 1 aliphatic rings. The molecule has 2 aromatic rings. The summed E-state index contributed by atoms with van der Waals surface area (Å²) in [6, 6.07) is 8.00. The molecule has 2 heterocycles. The van der Waals surface area contributed by atoms with Crippen molar-refractivity contribution >= 4 is 23.4 Å². The number of nitrogens with zero attached hydrogens (tertiary/aromatic N) is 2. The van der Waals surface area contributed by atoms with Gasteiger partial charge >= 0.3 is 0 Å². The number of thioether (sulfide) groups is 1. The number of nitrogens with one attached hydrogen (secondary N) is 1. The van der Waals surface area contributed by atoms with Gasteiger partial charge in [0.1, 0.15) is 0 Å². The zero-order chi connectivity index (χ0) is 13.8. The first-order valence-electron chi connectivity index (χ1n) is 6.75. The molecule has 0 amide bonds. The molecule has 1 atom stereocenters. The maximum absolute atomic E-state index is 5.96. The molecular weight excluding hydrogens is 294 g/mol. The predicted octanol–water partition coefficient (Wildman–Crippen LogP) is 3.83. The Morgan fingerprint density at radius 2 is 2.35 bits per heavy atom. The molecule has 106 valence electrons. The van der Waals surface area contributed by atoms with Crippen molar-refractivity contribution in [3.8, 4) is 0 Å². The first-order chi connectivity index (χ1) is 9.81. The molecule has 1 N–H and O–H groups in total. The molecule has 20 heavy (non-hydrogen) atoms. The van der Waals surface area contributed by atoms with Crippen LogP contribution in [0.4, 0.5) is 0 Å². The van der Waals surface area contributed by atoms with Gasteiger partial charge in [-0.15, -0.1) is 11.8 Å². The lowest BCUT2D eigenvalue weighted by Gasteiger charge is -2.19. The van der Waals surface area contributed by atoms with Crippen LogP contribution in [0.1, 0.15) is 37.0 Å². The fraction of sp³-hybridized carbons (Fsp3) is 0.429. The number of rotatable bonds is 4. The van der Waals surface area contributed by atoms with E-state index < -0.39 is 0 Å². The quantitative estimate of drug-likeness (QED) is 0.870. The molecular formula is C14H16ClN3OS. The average molecular weight is 310 g/mol. The molecule has 1 aromatic carbocycles. The van der Waals surface area contributed by atoms with Gasteiger partial charge in [0.2, 0.25) is 5.89 Å². The molecule has 1 saturated heterocycles. The minimum absolute atomic E-state index is 0.223. The fourth-order valence-electron chi connectivity index (χ4n) is 2.23. The summed E-state index contributed by atoms with van der Waals surface area (Å²) in [5.74, 6) is 2.14. The zero-order valence-corrected chi connectivity index (χ0v) is 12.6. The van der Waals surface area contributed by atoms with E-state index in [0.29, 0.717) is 11.6 Å². The topological polar surface area (TPSA) is 51.0 Å². The van der Waals surface area contributed by atoms with Crippen LogP contribution in [0.15, 0.2) is 33.7 Å². The lowest BCUT2D eigenvalue weighted by Crippen LogP contribution is -2.26. The lowest BCUT2D eigenvalue weighted by molar-refractivity contribution is 0.296. The minimum Gasteiger partial charge on any atom is -0.338 e. The van der Waals surface area contributed by atoms with E-state index in [4.69, 9.17) is 16.1 Å². The van der Waals surface area contributed by atoms with Crippen LogP contribution in [-0.2, 0) is 5.75 Å². The Kier molecular flexibility index (Phi) is 4.60. The van der Waals surface area contributed by atoms with Crippen molar-refractivity contribution in [2.75, 3.05) is 6.54 Å². The van der Waals surface area contributed by atoms with Crippen molar-refractivity contribution in [3.63, 3.8) is 0 Å². The van der Waals surface area contributed by atoms with E-state index in [0.717, 1.165) is 28.7 Å². The second-order valence-electron chi connectivity index (χ2n) is 4.80. The Morgan fingerprint density at radius 1 is 1.40 bits per heavy atom. The highest BCUT2D eigenvalue weighted by Crippen LogP contribution is 2.26. The van der Waals surface area contributed by atoms with E-state index in [-0.39, 0.29) is 6.04 Å². The van der Waals surface area contributed by atoms with Gasteiger partial charge in [0.05, 0.1) is 11.8 Å². The Bertz CT molecular complexity index is 569. The third kappa shape index (κ3) is 3.53. The Morgan fingerprint density at radius 3 is 3.15 bits per heavy atom. The summed E-state index contributed by atoms with van der Waals surface area (Å²) < 4.78 is 5.35. The SMILES string of the molecule is Clc1cccc(SCc2noc(C3CCCCN3)n2)c1. The molecule has 0 aliphatic carbocycles. The Hall–Kier alpha value is -1.04. The number of aromatic nitrogens is 2. The summed E-state index contributed by atoms with van der Waals surface area (Å²) in [6.07, 6.45) is 3.51. The van der Waals surface area contributed by atoms with Gasteiger partial charge in [-0.05, 0) is 37.6 Å². The van der Waals surface area contributed by atoms with Crippen LogP contribution < -0.4 is 5.32 Å². The van der Waals surface area contributed by atoms with E-state index in [9.17, 15) is 0 Å². The number of halogens is 1. The second-order valence-corrected chi connectivity index (χ2v) is 6.28. The fourth-order valence-corrected chi connectivity index (χ4v) is 3.29. The smallest absolute Gasteiger partial charge is 0.243 e. The van der Waals surface area contributed by atoms with E-state index >= 15 is 0 Å². The highest BCUT2D eigenvalue weighted by Gasteiger charge is 2.20. The maximum atomic E-state index is 5.96. The highest BCUT2D eigenvalue weighted by atomic mass is 35.5. The standard InChI is InChI=1S/C14H16ClN3OS/c15-10-4-3-5-11(8-10)20-9-13-17-14(19-18-13)12-6-1-2-7-16-12/h3-5,8,12,16H,1-2,6-7,9H2. The summed E-state index contributed by atoms with van der Waals surface area (Å²) in [5, 5.41) is 8.20. The monoisotopic (exact) mass is 309 g/mol. The van der Waals surface area contributed by atoms with Crippen LogP contribution in [0.5, 0.6) is 0 Å². The Labute approximate surface area is 127 Å². The van der Waals surface area contributed by atoms with Crippen molar-refractivity contribution in [2.45, 2.75) is 36.0 Å². The van der Waals surface area contributed by atoms with Gasteiger partial charge in [0.15, 0.2) is 5.82 Å². The van der Waals surface area contributed by atoms with Gasteiger partial charge in [-0.2, -0.15) is 4.98 Å². The van der Waals surface area contributed by atoms with Crippen molar-refractivity contribution < 1.29 is 4.52 Å². The zero-order valence-electron chi connectivity index (χ0n) is 11.0. The number of hydrogen-bond donors (Lipinski definition) is 1. The first kappa shape index (κ1) is 13.9. The third-order valence-corrected chi connectivity index (χ3v) is 4.48. The molecule has 0 spiro atoms. The van der Waals surface area contributed by atoms with Crippen molar-refractivity contribution in [1.29, 1.82) is 0 Å². The number of hydrogen-bond acceptors (Lipinski definition) is 5. The van der Waals surface area contributed by atoms with Gasteiger partial charge in [0, 0.05) is 9.92 Å². The largest absolute Gasteiger partial charge is 0.338 e. The predicted molar refractivity (Wildman–Crippen MR) is 79.9 cm³/mol. The van der Waals surface area contributed by atoms with Gasteiger partial charge in [-0.1, -0.05) is 29.2 Å². The van der Waals surface area contributed by atoms with E-state index in [1.807, 2.05) is 24.3 Å². The van der Waals surface area contributed by atoms with E-state index in [2.05, 4.69) is 15.5 Å². The summed E-state index contributed by atoms with van der Waals surface area (Å²) in [4.78, 5) is 5.59. The third-order valence-electron chi connectivity index (χ3n) is 3.26. The average Bonchev–Trinajstić information content (AvgIpc) is 2.95. The van der Waals surface area contributed by atoms with Crippen molar-refractivity contribution in [1.82, 2.24) is 15.5 Å². The van der Waals surface area contributed by atoms with Crippen molar-refractivity contribution in [3.05, 3.63) is 41.0 Å². The summed E-state index contributed by atoms with van der Waals surface area (Å²) >= 11 is 7.62. The first-order valence-corrected chi connectivity index (χ1v) is 8.12. The summed E-state index contributed by atoms with van der Waals surface area (Å²) in [6.45, 7) is 1.03.